The first-order valence-corrected chi connectivity index (χ1v) is 11.1. The molecule has 174 valence electrons. The minimum atomic E-state index is -0.167. The molecule has 2 aromatic heterocycles. The van der Waals surface area contributed by atoms with Crippen LogP contribution in [0.4, 0.5) is 5.13 Å². The molecule has 3 aromatic rings. The van der Waals surface area contributed by atoms with Crippen molar-refractivity contribution >= 4 is 45.0 Å². The summed E-state index contributed by atoms with van der Waals surface area (Å²) >= 11 is 1.42. The summed E-state index contributed by atoms with van der Waals surface area (Å²) < 4.78 is 18.9. The van der Waals surface area contributed by atoms with Crippen LogP contribution in [0.25, 0.3) is 10.2 Å². The van der Waals surface area contributed by atoms with Gasteiger partial charge in [-0.25, -0.2) is 4.98 Å². The topological polar surface area (TPSA) is 82.0 Å². The van der Waals surface area contributed by atoms with Gasteiger partial charge in [0, 0.05) is 39.4 Å². The summed E-state index contributed by atoms with van der Waals surface area (Å²) in [5, 5.41) is 4.91. The maximum Gasteiger partial charge on any atom is 0.280 e. The number of carbonyl (C=O) groups is 1. The molecule has 0 spiro atoms. The number of fused-ring (bicyclic) bond motifs is 1. The van der Waals surface area contributed by atoms with Crippen molar-refractivity contribution < 1.29 is 19.0 Å². The Hall–Kier alpha value is -2.40. The van der Waals surface area contributed by atoms with E-state index in [0.29, 0.717) is 34.4 Å². The van der Waals surface area contributed by atoms with Crippen LogP contribution < -0.4 is 14.4 Å². The number of methoxy groups -OCH3 is 2. The molecule has 0 unspecified atom stereocenters. The maximum absolute atomic E-state index is 13.3. The van der Waals surface area contributed by atoms with E-state index in [-0.39, 0.29) is 18.3 Å². The lowest BCUT2D eigenvalue weighted by atomic mass is 10.3. The van der Waals surface area contributed by atoms with Gasteiger partial charge in [-0.1, -0.05) is 11.3 Å². The molecule has 1 saturated heterocycles. The predicted molar refractivity (Wildman–Crippen MR) is 127 cm³/mol. The Kier molecular flexibility index (Phi) is 8.30. The molecule has 1 amide bonds. The fourth-order valence-electron chi connectivity index (χ4n) is 3.62. The van der Waals surface area contributed by atoms with E-state index in [1.54, 1.807) is 43.1 Å². The molecule has 9 nitrogen and oxygen atoms in total. The monoisotopic (exact) mass is 481 g/mol. The minimum Gasteiger partial charge on any atom is -0.495 e. The molecule has 0 N–H and O–H groups in total. The van der Waals surface area contributed by atoms with Gasteiger partial charge in [-0.2, -0.15) is 5.10 Å². The third-order valence-corrected chi connectivity index (χ3v) is 6.36. The Morgan fingerprint density at radius 1 is 1.19 bits per heavy atom. The van der Waals surface area contributed by atoms with E-state index in [1.165, 1.54) is 11.3 Å². The molecule has 11 heteroatoms. The van der Waals surface area contributed by atoms with Crippen molar-refractivity contribution in [1.82, 2.24) is 19.7 Å². The van der Waals surface area contributed by atoms with E-state index in [0.717, 1.165) is 44.0 Å². The zero-order chi connectivity index (χ0) is 21.8. The molecule has 1 aliphatic heterocycles. The Morgan fingerprint density at radius 3 is 2.56 bits per heavy atom. The molecular weight excluding hydrogens is 454 g/mol. The Balaban J connectivity index is 0.00000289. The molecule has 0 radical (unpaired) electrons. The molecule has 0 saturated carbocycles. The van der Waals surface area contributed by atoms with Crippen LogP contribution in [-0.2, 0) is 11.8 Å². The highest BCUT2D eigenvalue weighted by Crippen LogP contribution is 2.40. The Labute approximate surface area is 197 Å². The summed E-state index contributed by atoms with van der Waals surface area (Å²) in [5.41, 5.74) is 1.08. The lowest BCUT2D eigenvalue weighted by Crippen LogP contribution is -2.39. The van der Waals surface area contributed by atoms with Gasteiger partial charge < -0.3 is 14.2 Å². The largest absolute Gasteiger partial charge is 0.495 e. The summed E-state index contributed by atoms with van der Waals surface area (Å²) in [5.74, 6) is 1.19. The summed E-state index contributed by atoms with van der Waals surface area (Å²) in [4.78, 5) is 22.2. The fraction of sp³-hybridized carbons (Fsp3) is 0.476. The van der Waals surface area contributed by atoms with Gasteiger partial charge in [0.15, 0.2) is 10.8 Å². The van der Waals surface area contributed by atoms with Gasteiger partial charge in [0.2, 0.25) is 0 Å². The Bertz CT molecular complexity index is 1010. The molecule has 4 rings (SSSR count). The van der Waals surface area contributed by atoms with Crippen molar-refractivity contribution in [1.29, 1.82) is 0 Å². The summed E-state index contributed by atoms with van der Waals surface area (Å²) in [6, 6.07) is 5.41. The summed E-state index contributed by atoms with van der Waals surface area (Å²) in [6.07, 6.45) is 2.59. The molecule has 1 aromatic carbocycles. The van der Waals surface area contributed by atoms with Gasteiger partial charge in [0.1, 0.15) is 21.7 Å². The number of nitrogens with zero attached hydrogens (tertiary/aromatic N) is 5. The van der Waals surface area contributed by atoms with Crippen LogP contribution in [0.15, 0.2) is 24.4 Å². The average molecular weight is 482 g/mol. The van der Waals surface area contributed by atoms with Crippen molar-refractivity contribution in [2.75, 3.05) is 58.5 Å². The molecular formula is C21H28ClN5O4S. The highest BCUT2D eigenvalue weighted by Gasteiger charge is 2.25. The van der Waals surface area contributed by atoms with Gasteiger partial charge in [-0.15, -0.1) is 12.4 Å². The second kappa shape index (κ2) is 11.0. The number of aromatic nitrogens is 3. The van der Waals surface area contributed by atoms with Gasteiger partial charge in [0.25, 0.3) is 5.91 Å². The third kappa shape index (κ3) is 5.15. The molecule has 32 heavy (non-hydrogen) atoms. The SMILES string of the molecule is COc1ccc(OC)c2sc(N(CCCN3CCOCC3)C(=O)c3ccn(C)n3)nc12.Cl. The highest BCUT2D eigenvalue weighted by atomic mass is 35.5. The van der Waals surface area contributed by atoms with E-state index >= 15 is 0 Å². The first-order chi connectivity index (χ1) is 15.1. The van der Waals surface area contributed by atoms with Crippen LogP contribution in [0.2, 0.25) is 0 Å². The van der Waals surface area contributed by atoms with Crippen LogP contribution in [0.3, 0.4) is 0 Å². The van der Waals surface area contributed by atoms with Crippen molar-refractivity contribution in [3.63, 3.8) is 0 Å². The zero-order valence-electron chi connectivity index (χ0n) is 18.4. The maximum atomic E-state index is 13.3. The smallest absolute Gasteiger partial charge is 0.280 e. The van der Waals surface area contributed by atoms with Crippen molar-refractivity contribution in [2.24, 2.45) is 7.05 Å². The molecule has 0 aliphatic carbocycles. The van der Waals surface area contributed by atoms with Crippen LogP contribution in [0.5, 0.6) is 11.5 Å². The Morgan fingerprint density at radius 2 is 1.91 bits per heavy atom. The number of morpholine rings is 1. The second-order valence-electron chi connectivity index (χ2n) is 7.28. The number of aryl methyl sites for hydroxylation is 1. The first kappa shape index (κ1) is 24.2. The quantitative estimate of drug-likeness (QED) is 0.489. The number of rotatable bonds is 8. The molecule has 0 bridgehead atoms. The lowest BCUT2D eigenvalue weighted by Gasteiger charge is -2.27. The number of hydrogen-bond donors (Lipinski definition) is 0. The van der Waals surface area contributed by atoms with E-state index < -0.39 is 0 Å². The number of ether oxygens (including phenoxy) is 3. The first-order valence-electron chi connectivity index (χ1n) is 10.2. The highest BCUT2D eigenvalue weighted by molar-refractivity contribution is 7.22. The van der Waals surface area contributed by atoms with E-state index in [1.807, 2.05) is 12.1 Å². The van der Waals surface area contributed by atoms with Crippen LogP contribution >= 0.6 is 23.7 Å². The van der Waals surface area contributed by atoms with Crippen LogP contribution in [-0.4, -0.2) is 79.2 Å². The van der Waals surface area contributed by atoms with Crippen LogP contribution in [0.1, 0.15) is 16.9 Å². The molecule has 3 heterocycles. The zero-order valence-corrected chi connectivity index (χ0v) is 20.1. The number of halogens is 1. The molecule has 1 aliphatic rings. The second-order valence-corrected chi connectivity index (χ2v) is 8.26. The van der Waals surface area contributed by atoms with Crippen molar-refractivity contribution in [3.05, 3.63) is 30.1 Å². The number of carbonyl (C=O) groups excluding carboxylic acids is 1. The number of hydrogen-bond acceptors (Lipinski definition) is 8. The third-order valence-electron chi connectivity index (χ3n) is 5.27. The normalized spacial score (nSPS) is 14.2. The number of thiazole rings is 1. The molecule has 0 atom stereocenters. The van der Waals surface area contributed by atoms with E-state index in [4.69, 9.17) is 19.2 Å². The van der Waals surface area contributed by atoms with Gasteiger partial charge in [-0.05, 0) is 24.6 Å². The van der Waals surface area contributed by atoms with Crippen LogP contribution in [0, 0.1) is 0 Å². The van der Waals surface area contributed by atoms with E-state index in [9.17, 15) is 4.79 Å². The standard InChI is InChI=1S/C21H27N5O4S.ClH/c1-24-10-7-15(23-24)20(27)26(9-4-8-25-11-13-30-14-12-25)21-22-18-16(28-2)5-6-17(29-3)19(18)31-21;/h5-7,10H,4,8-9,11-14H2,1-3H3;1H. The number of amides is 1. The van der Waals surface area contributed by atoms with Gasteiger partial charge >= 0.3 is 0 Å². The van der Waals surface area contributed by atoms with Gasteiger partial charge in [0.05, 0.1) is 27.4 Å². The van der Waals surface area contributed by atoms with Crippen molar-refractivity contribution in [2.45, 2.75) is 6.42 Å². The lowest BCUT2D eigenvalue weighted by molar-refractivity contribution is 0.0376. The van der Waals surface area contributed by atoms with Gasteiger partial charge in [-0.3, -0.25) is 19.3 Å². The number of anilines is 1. The van der Waals surface area contributed by atoms with E-state index in [2.05, 4.69) is 10.00 Å². The minimum absolute atomic E-state index is 0. The average Bonchev–Trinajstić information content (AvgIpc) is 3.43. The summed E-state index contributed by atoms with van der Waals surface area (Å²) in [7, 11) is 5.03. The molecule has 1 fully saturated rings. The fourth-order valence-corrected chi connectivity index (χ4v) is 4.72. The summed E-state index contributed by atoms with van der Waals surface area (Å²) in [6.45, 7) is 4.79. The number of benzene rings is 1. The van der Waals surface area contributed by atoms with Crippen molar-refractivity contribution in [3.8, 4) is 11.5 Å². The predicted octanol–water partition coefficient (Wildman–Crippen LogP) is 2.84.